The molecule has 1 heterocycles. The van der Waals surface area contributed by atoms with E-state index in [1.54, 1.807) is 72.8 Å². The minimum atomic E-state index is -3.16. The van der Waals surface area contributed by atoms with Crippen LogP contribution in [-0.4, -0.2) is 30.5 Å². The molecule has 1 amide bonds. The predicted octanol–water partition coefficient (Wildman–Crippen LogP) is 6.10. The van der Waals surface area contributed by atoms with Crippen LogP contribution in [0.15, 0.2) is 97.2 Å². The number of nitrogens with zero attached hydrogens (tertiary/aromatic N) is 2. The standard InChI is InChI=1S/C29H23FN4O4S/c1-39(36,37)18-19-6-4-8-21(16-19)32-29-31-15-14-27(34-29)38-22-12-13-23-20(17-22)7-5-9-24(23)28(35)33-26-11-3-2-10-25(26)30/h2-17H,18H2,1H3,(H,33,35)(H,31,32,34). The number of ether oxygens (including phenoxy) is 1. The zero-order valence-electron chi connectivity index (χ0n) is 20.8. The van der Waals surface area contributed by atoms with Gasteiger partial charge in [-0.15, -0.1) is 0 Å². The van der Waals surface area contributed by atoms with Gasteiger partial charge in [0.25, 0.3) is 5.91 Å². The van der Waals surface area contributed by atoms with Crippen molar-refractivity contribution in [3.63, 3.8) is 0 Å². The number of benzene rings is 4. The van der Waals surface area contributed by atoms with E-state index in [2.05, 4.69) is 20.6 Å². The van der Waals surface area contributed by atoms with Crippen molar-refractivity contribution in [2.75, 3.05) is 16.9 Å². The molecule has 0 aliphatic heterocycles. The lowest BCUT2D eigenvalue weighted by Gasteiger charge is -2.11. The fraction of sp³-hybridized carbons (Fsp3) is 0.0690. The van der Waals surface area contributed by atoms with Gasteiger partial charge in [0.1, 0.15) is 11.6 Å². The Morgan fingerprint density at radius 3 is 2.59 bits per heavy atom. The molecule has 0 spiro atoms. The van der Waals surface area contributed by atoms with E-state index < -0.39 is 21.6 Å². The highest BCUT2D eigenvalue weighted by atomic mass is 32.2. The second-order valence-corrected chi connectivity index (χ2v) is 11.0. The van der Waals surface area contributed by atoms with Crippen molar-refractivity contribution >= 4 is 43.8 Å². The maximum absolute atomic E-state index is 14.0. The van der Waals surface area contributed by atoms with Crippen molar-refractivity contribution in [2.24, 2.45) is 0 Å². The maximum atomic E-state index is 14.0. The molecule has 10 heteroatoms. The first-order chi connectivity index (χ1) is 18.7. The second kappa shape index (κ2) is 10.9. The van der Waals surface area contributed by atoms with Gasteiger partial charge in [0.15, 0.2) is 9.84 Å². The molecule has 0 unspecified atom stereocenters. The zero-order chi connectivity index (χ0) is 27.4. The highest BCUT2D eigenvalue weighted by molar-refractivity contribution is 7.89. The number of aromatic nitrogens is 2. The Balaban J connectivity index is 1.33. The third-order valence-corrected chi connectivity index (χ3v) is 6.54. The first-order valence-corrected chi connectivity index (χ1v) is 13.9. The van der Waals surface area contributed by atoms with Crippen LogP contribution in [-0.2, 0) is 15.6 Å². The number of para-hydroxylation sites is 1. The average Bonchev–Trinajstić information content (AvgIpc) is 2.89. The summed E-state index contributed by atoms with van der Waals surface area (Å²) in [7, 11) is -3.16. The Morgan fingerprint density at radius 1 is 0.949 bits per heavy atom. The van der Waals surface area contributed by atoms with Gasteiger partial charge in [-0.2, -0.15) is 4.98 Å². The number of hydrogen-bond donors (Lipinski definition) is 2. The van der Waals surface area contributed by atoms with Gasteiger partial charge in [-0.1, -0.05) is 36.4 Å². The third-order valence-electron chi connectivity index (χ3n) is 5.68. The minimum absolute atomic E-state index is 0.0684. The highest BCUT2D eigenvalue weighted by Crippen LogP contribution is 2.28. The Hall–Kier alpha value is -4.83. The van der Waals surface area contributed by atoms with Crippen LogP contribution < -0.4 is 15.4 Å². The number of fused-ring (bicyclic) bond motifs is 1. The second-order valence-electron chi connectivity index (χ2n) is 8.84. The van der Waals surface area contributed by atoms with Gasteiger partial charge in [-0.05, 0) is 64.9 Å². The van der Waals surface area contributed by atoms with E-state index in [0.29, 0.717) is 28.0 Å². The number of sulfone groups is 1. The van der Waals surface area contributed by atoms with Crippen molar-refractivity contribution < 1.29 is 22.3 Å². The first-order valence-electron chi connectivity index (χ1n) is 11.9. The number of amides is 1. The van der Waals surface area contributed by atoms with E-state index in [9.17, 15) is 17.6 Å². The van der Waals surface area contributed by atoms with E-state index in [1.165, 1.54) is 24.6 Å². The van der Waals surface area contributed by atoms with Gasteiger partial charge in [-0.25, -0.2) is 17.8 Å². The van der Waals surface area contributed by atoms with Crippen LogP contribution >= 0.6 is 0 Å². The average molecular weight is 543 g/mol. The number of anilines is 3. The SMILES string of the molecule is CS(=O)(=O)Cc1cccc(Nc2nccc(Oc3ccc4c(C(=O)Nc5ccccc5F)cccc4c3)n2)c1. The smallest absolute Gasteiger partial charge is 0.256 e. The molecule has 5 rings (SSSR count). The van der Waals surface area contributed by atoms with Crippen molar-refractivity contribution in [3.8, 4) is 11.6 Å². The molecule has 0 aliphatic carbocycles. The molecule has 2 N–H and O–H groups in total. The molecule has 196 valence electrons. The zero-order valence-corrected chi connectivity index (χ0v) is 21.6. The highest BCUT2D eigenvalue weighted by Gasteiger charge is 2.13. The lowest BCUT2D eigenvalue weighted by Crippen LogP contribution is -2.13. The molecule has 0 aliphatic rings. The summed E-state index contributed by atoms with van der Waals surface area (Å²) in [5.41, 5.74) is 1.79. The summed E-state index contributed by atoms with van der Waals surface area (Å²) in [4.78, 5) is 21.5. The molecular weight excluding hydrogens is 519 g/mol. The predicted molar refractivity (Wildman–Crippen MR) is 149 cm³/mol. The van der Waals surface area contributed by atoms with Crippen LogP contribution in [0.5, 0.6) is 11.6 Å². The van der Waals surface area contributed by atoms with Crippen LogP contribution in [0.4, 0.5) is 21.7 Å². The molecular formula is C29H23FN4O4S. The maximum Gasteiger partial charge on any atom is 0.256 e. The van der Waals surface area contributed by atoms with Gasteiger partial charge in [0.05, 0.1) is 11.4 Å². The van der Waals surface area contributed by atoms with Gasteiger partial charge in [0.2, 0.25) is 11.8 Å². The van der Waals surface area contributed by atoms with Gasteiger partial charge in [-0.3, -0.25) is 4.79 Å². The molecule has 0 bridgehead atoms. The molecule has 8 nitrogen and oxygen atoms in total. The number of nitrogens with one attached hydrogen (secondary N) is 2. The number of hydrogen-bond acceptors (Lipinski definition) is 7. The number of rotatable bonds is 8. The van der Waals surface area contributed by atoms with Crippen LogP contribution in [0.1, 0.15) is 15.9 Å². The Kier molecular flexibility index (Phi) is 7.20. The van der Waals surface area contributed by atoms with E-state index in [0.717, 1.165) is 5.39 Å². The quantitative estimate of drug-likeness (QED) is 0.244. The summed E-state index contributed by atoms with van der Waals surface area (Å²) in [6.07, 6.45) is 2.72. The summed E-state index contributed by atoms with van der Waals surface area (Å²) in [6, 6.07) is 25.1. The lowest BCUT2D eigenvalue weighted by molar-refractivity contribution is 0.102. The molecule has 0 atom stereocenters. The monoisotopic (exact) mass is 542 g/mol. The largest absolute Gasteiger partial charge is 0.439 e. The summed E-state index contributed by atoms with van der Waals surface area (Å²) in [5, 5.41) is 7.11. The van der Waals surface area contributed by atoms with E-state index in [4.69, 9.17) is 4.74 Å². The van der Waals surface area contributed by atoms with Crippen molar-refractivity contribution in [3.05, 3.63) is 114 Å². The van der Waals surface area contributed by atoms with Gasteiger partial charge in [0, 0.05) is 29.8 Å². The van der Waals surface area contributed by atoms with Gasteiger partial charge >= 0.3 is 0 Å². The normalized spacial score (nSPS) is 11.2. The molecule has 4 aromatic carbocycles. The van der Waals surface area contributed by atoms with E-state index in [-0.39, 0.29) is 23.3 Å². The summed E-state index contributed by atoms with van der Waals surface area (Å²) >= 11 is 0. The Morgan fingerprint density at radius 2 is 1.77 bits per heavy atom. The lowest BCUT2D eigenvalue weighted by atomic mass is 10.0. The van der Waals surface area contributed by atoms with E-state index in [1.807, 2.05) is 6.07 Å². The molecule has 0 radical (unpaired) electrons. The van der Waals surface area contributed by atoms with Crippen LogP contribution in [0.2, 0.25) is 0 Å². The fourth-order valence-electron chi connectivity index (χ4n) is 4.03. The summed E-state index contributed by atoms with van der Waals surface area (Å²) < 4.78 is 43.2. The topological polar surface area (TPSA) is 110 Å². The van der Waals surface area contributed by atoms with Crippen molar-refractivity contribution in [1.82, 2.24) is 9.97 Å². The Bertz CT molecular complexity index is 1790. The third kappa shape index (κ3) is 6.55. The first kappa shape index (κ1) is 25.8. The van der Waals surface area contributed by atoms with E-state index >= 15 is 0 Å². The van der Waals surface area contributed by atoms with Crippen molar-refractivity contribution in [2.45, 2.75) is 5.75 Å². The molecule has 0 fully saturated rings. The summed E-state index contributed by atoms with van der Waals surface area (Å²) in [5.74, 6) is 0.0492. The van der Waals surface area contributed by atoms with Crippen LogP contribution in [0.3, 0.4) is 0 Å². The Labute approximate surface area is 224 Å². The minimum Gasteiger partial charge on any atom is -0.439 e. The fourth-order valence-corrected chi connectivity index (χ4v) is 4.81. The summed E-state index contributed by atoms with van der Waals surface area (Å²) in [6.45, 7) is 0. The molecule has 0 saturated carbocycles. The van der Waals surface area contributed by atoms with Crippen LogP contribution in [0.25, 0.3) is 10.8 Å². The van der Waals surface area contributed by atoms with Crippen molar-refractivity contribution in [1.29, 1.82) is 0 Å². The molecule has 0 saturated heterocycles. The molecule has 5 aromatic rings. The number of carbonyl (C=O) groups is 1. The molecule has 39 heavy (non-hydrogen) atoms. The number of halogens is 1. The molecule has 1 aromatic heterocycles. The van der Waals surface area contributed by atoms with Gasteiger partial charge < -0.3 is 15.4 Å². The van der Waals surface area contributed by atoms with Crippen LogP contribution in [0, 0.1) is 5.82 Å². The number of carbonyl (C=O) groups excluding carboxylic acids is 1.